The van der Waals surface area contributed by atoms with Crippen LogP contribution in [-0.2, 0) is 9.53 Å². The van der Waals surface area contributed by atoms with E-state index in [-0.39, 0.29) is 17.4 Å². The summed E-state index contributed by atoms with van der Waals surface area (Å²) in [5.41, 5.74) is 0.148. The fourth-order valence-corrected chi connectivity index (χ4v) is 2.87. The van der Waals surface area contributed by atoms with Gasteiger partial charge in [0.1, 0.15) is 0 Å². The van der Waals surface area contributed by atoms with Crippen molar-refractivity contribution in [1.29, 1.82) is 0 Å². The van der Waals surface area contributed by atoms with Crippen molar-refractivity contribution in [1.82, 2.24) is 10.2 Å². The van der Waals surface area contributed by atoms with Gasteiger partial charge in [-0.3, -0.25) is 4.79 Å². The van der Waals surface area contributed by atoms with Gasteiger partial charge in [-0.05, 0) is 33.6 Å². The maximum absolute atomic E-state index is 12.1. The highest BCUT2D eigenvalue weighted by molar-refractivity contribution is 5.81. The highest BCUT2D eigenvalue weighted by atomic mass is 16.5. The van der Waals surface area contributed by atoms with Gasteiger partial charge in [-0.1, -0.05) is 13.8 Å². The Kier molecular flexibility index (Phi) is 5.81. The molecule has 4 heteroatoms. The molecule has 4 atom stereocenters. The second kappa shape index (κ2) is 6.71. The molecule has 1 saturated carbocycles. The molecule has 0 spiro atoms. The van der Waals surface area contributed by atoms with Gasteiger partial charge in [-0.2, -0.15) is 0 Å². The van der Waals surface area contributed by atoms with E-state index < -0.39 is 0 Å². The van der Waals surface area contributed by atoms with Crippen LogP contribution in [0.1, 0.15) is 47.5 Å². The van der Waals surface area contributed by atoms with Crippen LogP contribution in [0.5, 0.6) is 0 Å². The highest BCUT2D eigenvalue weighted by Crippen LogP contribution is 2.46. The first-order valence-electron chi connectivity index (χ1n) is 7.53. The molecular weight excluding hydrogens is 240 g/mol. The van der Waals surface area contributed by atoms with E-state index in [9.17, 15) is 4.79 Å². The Labute approximate surface area is 117 Å². The van der Waals surface area contributed by atoms with Crippen molar-refractivity contribution in [3.8, 4) is 0 Å². The minimum atomic E-state index is -0.122. The van der Waals surface area contributed by atoms with Gasteiger partial charge in [0.15, 0.2) is 0 Å². The maximum Gasteiger partial charge on any atom is 0.239 e. The monoisotopic (exact) mass is 270 g/mol. The quantitative estimate of drug-likeness (QED) is 0.769. The summed E-state index contributed by atoms with van der Waals surface area (Å²) in [7, 11) is 1.85. The van der Waals surface area contributed by atoms with E-state index >= 15 is 0 Å². The van der Waals surface area contributed by atoms with Crippen molar-refractivity contribution in [2.75, 3.05) is 20.2 Å². The Morgan fingerprint density at radius 1 is 1.47 bits per heavy atom. The fourth-order valence-electron chi connectivity index (χ4n) is 2.87. The second-order valence-corrected chi connectivity index (χ2v) is 5.83. The van der Waals surface area contributed by atoms with Crippen LogP contribution in [-0.4, -0.2) is 49.2 Å². The number of ether oxygens (including phenoxy) is 1. The lowest BCUT2D eigenvalue weighted by Gasteiger charge is -2.54. The Morgan fingerprint density at radius 2 is 2.11 bits per heavy atom. The van der Waals surface area contributed by atoms with Crippen molar-refractivity contribution in [2.45, 2.75) is 65.6 Å². The lowest BCUT2D eigenvalue weighted by atomic mass is 9.61. The number of hydrogen-bond donors (Lipinski definition) is 1. The van der Waals surface area contributed by atoms with Crippen molar-refractivity contribution in [2.24, 2.45) is 5.41 Å². The molecule has 1 N–H and O–H groups in total. The van der Waals surface area contributed by atoms with Crippen LogP contribution in [0.25, 0.3) is 0 Å². The summed E-state index contributed by atoms with van der Waals surface area (Å²) >= 11 is 0. The number of nitrogens with one attached hydrogen (secondary N) is 1. The standard InChI is InChI=1S/C15H30N2O2/c1-7-15(5)12(10-13(15)19-9-3)16-11(4)14(18)17(6)8-2/h11-13,16H,7-10H2,1-6H3. The van der Waals surface area contributed by atoms with Crippen LogP contribution in [0.4, 0.5) is 0 Å². The third kappa shape index (κ3) is 3.29. The molecule has 1 amide bonds. The SMILES string of the molecule is CCOC1CC(NC(C)C(=O)N(C)CC)C1(C)CC. The molecule has 4 unspecified atom stereocenters. The summed E-state index contributed by atoms with van der Waals surface area (Å²) in [4.78, 5) is 13.9. The summed E-state index contributed by atoms with van der Waals surface area (Å²) in [6.07, 6.45) is 2.40. The third-order valence-electron chi connectivity index (χ3n) is 4.78. The molecular formula is C15H30N2O2. The Hall–Kier alpha value is -0.610. The van der Waals surface area contributed by atoms with E-state index in [1.54, 1.807) is 4.90 Å². The minimum absolute atomic E-state index is 0.122. The summed E-state index contributed by atoms with van der Waals surface area (Å²) in [6.45, 7) is 12.0. The largest absolute Gasteiger partial charge is 0.378 e. The number of amides is 1. The number of hydrogen-bond acceptors (Lipinski definition) is 3. The van der Waals surface area contributed by atoms with E-state index in [4.69, 9.17) is 4.74 Å². The van der Waals surface area contributed by atoms with Crippen LogP contribution < -0.4 is 5.32 Å². The van der Waals surface area contributed by atoms with Crippen LogP contribution >= 0.6 is 0 Å². The molecule has 0 bridgehead atoms. The zero-order valence-corrected chi connectivity index (χ0v) is 13.3. The number of carbonyl (C=O) groups is 1. The number of nitrogens with zero attached hydrogens (tertiary/aromatic N) is 1. The zero-order chi connectivity index (χ0) is 14.6. The van der Waals surface area contributed by atoms with Gasteiger partial charge in [-0.15, -0.1) is 0 Å². The molecule has 1 aliphatic rings. The molecule has 0 aromatic rings. The van der Waals surface area contributed by atoms with Crippen LogP contribution in [0, 0.1) is 5.41 Å². The topological polar surface area (TPSA) is 41.6 Å². The van der Waals surface area contributed by atoms with Gasteiger partial charge in [-0.25, -0.2) is 0 Å². The molecule has 19 heavy (non-hydrogen) atoms. The average Bonchev–Trinajstić information content (AvgIpc) is 2.43. The van der Waals surface area contributed by atoms with Crippen molar-refractivity contribution in [3.63, 3.8) is 0 Å². The molecule has 0 heterocycles. The van der Waals surface area contributed by atoms with Crippen molar-refractivity contribution >= 4 is 5.91 Å². The van der Waals surface area contributed by atoms with Gasteiger partial charge in [0, 0.05) is 31.7 Å². The Balaban J connectivity index is 2.56. The summed E-state index contributed by atoms with van der Waals surface area (Å²) < 4.78 is 5.79. The van der Waals surface area contributed by atoms with Gasteiger partial charge in [0.2, 0.25) is 5.91 Å². The van der Waals surface area contributed by atoms with E-state index in [2.05, 4.69) is 19.2 Å². The van der Waals surface area contributed by atoms with E-state index in [0.717, 1.165) is 26.0 Å². The molecule has 0 aromatic carbocycles. The summed E-state index contributed by atoms with van der Waals surface area (Å²) in [5.74, 6) is 0.167. The highest BCUT2D eigenvalue weighted by Gasteiger charge is 2.51. The molecule has 0 radical (unpaired) electrons. The van der Waals surface area contributed by atoms with Gasteiger partial charge < -0.3 is 15.0 Å². The van der Waals surface area contributed by atoms with Gasteiger partial charge in [0.25, 0.3) is 0 Å². The van der Waals surface area contributed by atoms with Crippen molar-refractivity contribution in [3.05, 3.63) is 0 Å². The molecule has 0 aliphatic heterocycles. The molecule has 1 aliphatic carbocycles. The summed E-state index contributed by atoms with van der Waals surface area (Å²) in [6, 6.07) is 0.252. The molecule has 1 rings (SSSR count). The van der Waals surface area contributed by atoms with Crippen LogP contribution in [0.2, 0.25) is 0 Å². The first-order chi connectivity index (χ1) is 8.90. The van der Waals surface area contributed by atoms with E-state index in [1.165, 1.54) is 0 Å². The first kappa shape index (κ1) is 16.4. The lowest BCUT2D eigenvalue weighted by molar-refractivity contribution is -0.140. The lowest BCUT2D eigenvalue weighted by Crippen LogP contribution is -2.65. The molecule has 0 saturated heterocycles. The molecule has 112 valence electrons. The number of rotatable bonds is 7. The maximum atomic E-state index is 12.1. The van der Waals surface area contributed by atoms with E-state index in [0.29, 0.717) is 12.1 Å². The third-order valence-corrected chi connectivity index (χ3v) is 4.78. The molecule has 4 nitrogen and oxygen atoms in total. The second-order valence-electron chi connectivity index (χ2n) is 5.83. The predicted octanol–water partition coefficient (Wildman–Crippen LogP) is 2.04. The van der Waals surface area contributed by atoms with Crippen LogP contribution in [0.3, 0.4) is 0 Å². The van der Waals surface area contributed by atoms with Gasteiger partial charge >= 0.3 is 0 Å². The average molecular weight is 270 g/mol. The minimum Gasteiger partial charge on any atom is -0.378 e. The summed E-state index contributed by atoms with van der Waals surface area (Å²) in [5, 5.41) is 3.49. The smallest absolute Gasteiger partial charge is 0.239 e. The molecule has 1 fully saturated rings. The van der Waals surface area contributed by atoms with Gasteiger partial charge in [0.05, 0.1) is 12.1 Å². The zero-order valence-electron chi connectivity index (χ0n) is 13.3. The Morgan fingerprint density at radius 3 is 2.58 bits per heavy atom. The van der Waals surface area contributed by atoms with Crippen LogP contribution in [0.15, 0.2) is 0 Å². The number of likely N-dealkylation sites (N-methyl/N-ethyl adjacent to an activating group) is 1. The predicted molar refractivity (Wildman–Crippen MR) is 78.1 cm³/mol. The van der Waals surface area contributed by atoms with E-state index in [1.807, 2.05) is 27.8 Å². The normalized spacial score (nSPS) is 31.7. The Bertz CT molecular complexity index is 309. The number of carbonyl (C=O) groups excluding carboxylic acids is 1. The van der Waals surface area contributed by atoms with Crippen molar-refractivity contribution < 1.29 is 9.53 Å². The molecule has 0 aromatic heterocycles. The fraction of sp³-hybridized carbons (Fsp3) is 0.933. The first-order valence-corrected chi connectivity index (χ1v) is 7.53.